The summed E-state index contributed by atoms with van der Waals surface area (Å²) in [6, 6.07) is 5.04. The van der Waals surface area contributed by atoms with Gasteiger partial charge in [-0.3, -0.25) is 15.1 Å². The summed E-state index contributed by atoms with van der Waals surface area (Å²) in [6.07, 6.45) is 2.86. The van der Waals surface area contributed by atoms with Gasteiger partial charge in [0.15, 0.2) is 5.82 Å². The van der Waals surface area contributed by atoms with Crippen LogP contribution in [0.15, 0.2) is 36.7 Å². The van der Waals surface area contributed by atoms with Crippen molar-refractivity contribution in [1.29, 1.82) is 0 Å². The Morgan fingerprint density at radius 2 is 2.21 bits per heavy atom. The van der Waals surface area contributed by atoms with Gasteiger partial charge in [-0.15, -0.1) is 0 Å². The number of nitro benzene ring substituents is 1. The number of nitrogens with zero attached hydrogens (tertiary/aromatic N) is 2. The minimum Gasteiger partial charge on any atom is -0.445 e. The number of nitro groups is 1. The summed E-state index contributed by atoms with van der Waals surface area (Å²) in [4.78, 5) is 14.0. The van der Waals surface area contributed by atoms with Crippen LogP contribution in [0.2, 0.25) is 0 Å². The first kappa shape index (κ1) is 12.9. The molecular weight excluding hydrogens is 253 g/mol. The van der Waals surface area contributed by atoms with Crippen molar-refractivity contribution >= 4 is 5.69 Å². The quantitative estimate of drug-likeness (QED) is 0.675. The molecule has 1 aromatic carbocycles. The van der Waals surface area contributed by atoms with E-state index in [0.717, 1.165) is 6.07 Å². The molecule has 0 fully saturated rings. The average Bonchev–Trinajstić information content (AvgIpc) is 2.41. The SMILES string of the molecule is NCc1cncc(Oc2c(F)cccc2[N+](=O)[O-])c1. The Labute approximate surface area is 107 Å². The lowest BCUT2D eigenvalue weighted by Gasteiger charge is -2.07. The van der Waals surface area contributed by atoms with Crippen molar-refractivity contribution in [3.05, 3.63) is 58.2 Å². The van der Waals surface area contributed by atoms with Crippen LogP contribution in [0.5, 0.6) is 11.5 Å². The third kappa shape index (κ3) is 2.83. The first-order chi connectivity index (χ1) is 9.11. The summed E-state index contributed by atoms with van der Waals surface area (Å²) in [5.41, 5.74) is 5.67. The molecule has 0 aliphatic carbocycles. The highest BCUT2D eigenvalue weighted by molar-refractivity contribution is 5.49. The standard InChI is InChI=1S/C12H10FN3O3/c13-10-2-1-3-11(16(17)18)12(10)19-9-4-8(5-14)6-15-7-9/h1-4,6-7H,5,14H2. The summed E-state index contributed by atoms with van der Waals surface area (Å²) in [7, 11) is 0. The van der Waals surface area contributed by atoms with Crippen LogP contribution < -0.4 is 10.5 Å². The first-order valence-electron chi connectivity index (χ1n) is 5.36. The molecule has 0 atom stereocenters. The molecule has 2 N–H and O–H groups in total. The van der Waals surface area contributed by atoms with Crippen LogP contribution in [-0.2, 0) is 6.54 Å². The summed E-state index contributed by atoms with van der Waals surface area (Å²) >= 11 is 0. The van der Waals surface area contributed by atoms with Gasteiger partial charge in [-0.2, -0.15) is 0 Å². The lowest BCUT2D eigenvalue weighted by Crippen LogP contribution is -1.99. The fraction of sp³-hybridized carbons (Fsp3) is 0.0833. The Kier molecular flexibility index (Phi) is 3.67. The van der Waals surface area contributed by atoms with Gasteiger partial charge in [0, 0.05) is 18.8 Å². The van der Waals surface area contributed by atoms with Gasteiger partial charge in [0.2, 0.25) is 5.75 Å². The molecule has 6 nitrogen and oxygen atoms in total. The van der Waals surface area contributed by atoms with E-state index in [2.05, 4.69) is 4.98 Å². The van der Waals surface area contributed by atoms with Crippen LogP contribution in [0.25, 0.3) is 0 Å². The van der Waals surface area contributed by atoms with E-state index in [1.165, 1.54) is 24.5 Å². The van der Waals surface area contributed by atoms with Crippen LogP contribution in [0.3, 0.4) is 0 Å². The van der Waals surface area contributed by atoms with Gasteiger partial charge in [-0.1, -0.05) is 6.07 Å². The minimum atomic E-state index is -0.813. The van der Waals surface area contributed by atoms with Gasteiger partial charge < -0.3 is 10.5 Å². The molecule has 19 heavy (non-hydrogen) atoms. The molecule has 0 aliphatic heterocycles. The molecule has 2 rings (SSSR count). The monoisotopic (exact) mass is 263 g/mol. The molecule has 0 bridgehead atoms. The lowest BCUT2D eigenvalue weighted by molar-refractivity contribution is -0.385. The van der Waals surface area contributed by atoms with Crippen molar-refractivity contribution < 1.29 is 14.1 Å². The van der Waals surface area contributed by atoms with E-state index >= 15 is 0 Å². The average molecular weight is 263 g/mol. The van der Waals surface area contributed by atoms with Crippen molar-refractivity contribution in [3.63, 3.8) is 0 Å². The van der Waals surface area contributed by atoms with Crippen molar-refractivity contribution in [3.8, 4) is 11.5 Å². The fourth-order valence-corrected chi connectivity index (χ4v) is 1.49. The van der Waals surface area contributed by atoms with Crippen LogP contribution in [-0.4, -0.2) is 9.91 Å². The van der Waals surface area contributed by atoms with Gasteiger partial charge in [0.25, 0.3) is 0 Å². The third-order valence-electron chi connectivity index (χ3n) is 2.37. The third-order valence-corrected chi connectivity index (χ3v) is 2.37. The lowest BCUT2D eigenvalue weighted by atomic mass is 10.2. The van der Waals surface area contributed by atoms with E-state index in [9.17, 15) is 14.5 Å². The zero-order valence-corrected chi connectivity index (χ0v) is 9.75. The Bertz CT molecular complexity index is 619. The van der Waals surface area contributed by atoms with Crippen molar-refractivity contribution in [2.24, 2.45) is 5.73 Å². The molecule has 0 unspecified atom stereocenters. The van der Waals surface area contributed by atoms with Gasteiger partial charge >= 0.3 is 5.69 Å². The molecule has 0 aliphatic rings. The number of ether oxygens (including phenoxy) is 1. The molecule has 7 heteroatoms. The highest BCUT2D eigenvalue weighted by atomic mass is 19.1. The molecule has 0 amide bonds. The normalized spacial score (nSPS) is 10.2. The Hall–Kier alpha value is -2.54. The van der Waals surface area contributed by atoms with Crippen LogP contribution in [0.1, 0.15) is 5.56 Å². The fourth-order valence-electron chi connectivity index (χ4n) is 1.49. The van der Waals surface area contributed by atoms with Crippen LogP contribution in [0, 0.1) is 15.9 Å². The Balaban J connectivity index is 2.40. The Morgan fingerprint density at radius 3 is 2.89 bits per heavy atom. The second-order valence-electron chi connectivity index (χ2n) is 3.68. The predicted molar refractivity (Wildman–Crippen MR) is 65.3 cm³/mol. The number of pyridine rings is 1. The highest BCUT2D eigenvalue weighted by Gasteiger charge is 2.20. The zero-order valence-electron chi connectivity index (χ0n) is 9.75. The van der Waals surface area contributed by atoms with Crippen LogP contribution >= 0.6 is 0 Å². The van der Waals surface area contributed by atoms with Gasteiger partial charge in [0.05, 0.1) is 11.1 Å². The maximum atomic E-state index is 13.6. The Morgan fingerprint density at radius 1 is 1.42 bits per heavy atom. The molecule has 0 spiro atoms. The van der Waals surface area contributed by atoms with Crippen molar-refractivity contribution in [2.45, 2.75) is 6.54 Å². The summed E-state index contributed by atoms with van der Waals surface area (Å²) in [5.74, 6) is -1.06. The first-order valence-corrected chi connectivity index (χ1v) is 5.36. The molecular formula is C12H10FN3O3. The summed E-state index contributed by atoms with van der Waals surface area (Å²) in [6.45, 7) is 0.240. The largest absolute Gasteiger partial charge is 0.445 e. The second-order valence-corrected chi connectivity index (χ2v) is 3.68. The van der Waals surface area contributed by atoms with E-state index in [4.69, 9.17) is 10.5 Å². The molecule has 0 saturated carbocycles. The van der Waals surface area contributed by atoms with Crippen molar-refractivity contribution in [2.75, 3.05) is 0 Å². The van der Waals surface area contributed by atoms with Crippen LogP contribution in [0.4, 0.5) is 10.1 Å². The molecule has 1 aromatic heterocycles. The van der Waals surface area contributed by atoms with E-state index in [0.29, 0.717) is 5.56 Å². The molecule has 1 heterocycles. The number of hydrogen-bond acceptors (Lipinski definition) is 5. The van der Waals surface area contributed by atoms with E-state index in [-0.39, 0.29) is 12.3 Å². The van der Waals surface area contributed by atoms with Gasteiger partial charge in [-0.05, 0) is 17.7 Å². The predicted octanol–water partition coefficient (Wildman–Crippen LogP) is 2.38. The van der Waals surface area contributed by atoms with E-state index < -0.39 is 22.2 Å². The number of para-hydroxylation sites is 1. The topological polar surface area (TPSA) is 91.3 Å². The number of nitrogens with two attached hydrogens (primary N) is 1. The second kappa shape index (κ2) is 5.40. The summed E-state index contributed by atoms with van der Waals surface area (Å²) in [5, 5.41) is 10.8. The highest BCUT2D eigenvalue weighted by Crippen LogP contribution is 2.33. The number of rotatable bonds is 4. The van der Waals surface area contributed by atoms with Gasteiger partial charge in [-0.25, -0.2) is 4.39 Å². The molecule has 0 saturated heterocycles. The maximum absolute atomic E-state index is 13.6. The number of aromatic nitrogens is 1. The van der Waals surface area contributed by atoms with Gasteiger partial charge in [0.1, 0.15) is 5.75 Å². The van der Waals surface area contributed by atoms with Crippen molar-refractivity contribution in [1.82, 2.24) is 4.98 Å². The maximum Gasteiger partial charge on any atom is 0.314 e. The number of hydrogen-bond donors (Lipinski definition) is 1. The number of benzene rings is 1. The molecule has 98 valence electrons. The summed E-state index contributed by atoms with van der Waals surface area (Å²) < 4.78 is 18.8. The molecule has 2 aromatic rings. The molecule has 0 radical (unpaired) electrons. The zero-order chi connectivity index (χ0) is 13.8. The number of halogens is 1. The van der Waals surface area contributed by atoms with E-state index in [1.54, 1.807) is 6.07 Å². The minimum absolute atomic E-state index is 0.191. The smallest absolute Gasteiger partial charge is 0.314 e. The van der Waals surface area contributed by atoms with E-state index in [1.807, 2.05) is 0 Å².